The highest BCUT2D eigenvalue weighted by Crippen LogP contribution is 2.20. The van der Waals surface area contributed by atoms with Gasteiger partial charge in [0.05, 0.1) is 12.2 Å². The van der Waals surface area contributed by atoms with Crippen LogP contribution in [0.3, 0.4) is 0 Å². The third-order valence-corrected chi connectivity index (χ3v) is 6.44. The fourth-order valence-electron chi connectivity index (χ4n) is 4.26. The van der Waals surface area contributed by atoms with Crippen molar-refractivity contribution in [3.05, 3.63) is 69.3 Å². The summed E-state index contributed by atoms with van der Waals surface area (Å²) >= 11 is 5.97. The van der Waals surface area contributed by atoms with Crippen molar-refractivity contribution in [3.63, 3.8) is 0 Å². The number of nitrogens with zero attached hydrogens (tertiary/aromatic N) is 4. The highest BCUT2D eigenvalue weighted by Gasteiger charge is 2.24. The van der Waals surface area contributed by atoms with Crippen LogP contribution in [0.5, 0.6) is 0 Å². The lowest BCUT2D eigenvalue weighted by atomic mass is 9.96. The number of aryl methyl sites for hydroxylation is 3. The van der Waals surface area contributed by atoms with E-state index in [0.717, 1.165) is 54.4 Å². The highest BCUT2D eigenvalue weighted by molar-refractivity contribution is 6.30. The van der Waals surface area contributed by atoms with Crippen molar-refractivity contribution in [3.8, 4) is 0 Å². The quantitative estimate of drug-likeness (QED) is 0.579. The Morgan fingerprint density at radius 1 is 1.16 bits per heavy atom. The molecule has 1 aliphatic rings. The number of piperidine rings is 1. The number of rotatable bonds is 7. The van der Waals surface area contributed by atoms with Crippen LogP contribution in [-0.4, -0.2) is 45.4 Å². The maximum Gasteiger partial charge on any atom is 0.273 e. The standard InChI is InChI=1S/C24H30ClN5O2/c1-16-12-17(2)30(27-16)15-22-18(3)32-28-23(22)24(31)26-13-19-8-10-29(11-9-19)14-20-4-6-21(25)7-5-20/h4-7,12,19H,8-11,13-15H2,1-3H3,(H,26,31). The second-order valence-electron chi connectivity index (χ2n) is 8.71. The molecule has 0 bridgehead atoms. The van der Waals surface area contributed by atoms with Gasteiger partial charge in [-0.15, -0.1) is 0 Å². The highest BCUT2D eigenvalue weighted by atomic mass is 35.5. The monoisotopic (exact) mass is 455 g/mol. The van der Waals surface area contributed by atoms with E-state index in [1.165, 1.54) is 5.56 Å². The van der Waals surface area contributed by atoms with E-state index in [2.05, 4.69) is 32.6 Å². The Balaban J connectivity index is 1.28. The van der Waals surface area contributed by atoms with Gasteiger partial charge in [-0.1, -0.05) is 28.9 Å². The Kier molecular flexibility index (Phi) is 6.96. The first kappa shape index (κ1) is 22.6. The number of nitrogens with one attached hydrogen (secondary N) is 1. The molecule has 3 heterocycles. The molecule has 0 unspecified atom stereocenters. The number of amides is 1. The third-order valence-electron chi connectivity index (χ3n) is 6.19. The molecule has 32 heavy (non-hydrogen) atoms. The van der Waals surface area contributed by atoms with Gasteiger partial charge in [-0.25, -0.2) is 0 Å². The summed E-state index contributed by atoms with van der Waals surface area (Å²) in [5.74, 6) is 0.938. The largest absolute Gasteiger partial charge is 0.361 e. The summed E-state index contributed by atoms with van der Waals surface area (Å²) in [6.07, 6.45) is 2.12. The van der Waals surface area contributed by atoms with E-state index in [0.29, 0.717) is 30.5 Å². The Morgan fingerprint density at radius 2 is 1.88 bits per heavy atom. The van der Waals surface area contributed by atoms with Crippen LogP contribution in [0, 0.1) is 26.7 Å². The normalized spacial score (nSPS) is 15.2. The van der Waals surface area contributed by atoms with Gasteiger partial charge in [0.1, 0.15) is 5.76 Å². The van der Waals surface area contributed by atoms with E-state index in [9.17, 15) is 4.79 Å². The fraction of sp³-hybridized carbons (Fsp3) is 0.458. The van der Waals surface area contributed by atoms with Crippen molar-refractivity contribution in [1.29, 1.82) is 0 Å². The fourth-order valence-corrected chi connectivity index (χ4v) is 4.38. The van der Waals surface area contributed by atoms with Crippen molar-refractivity contribution < 1.29 is 9.32 Å². The first-order valence-electron chi connectivity index (χ1n) is 11.1. The molecule has 1 aromatic carbocycles. The summed E-state index contributed by atoms with van der Waals surface area (Å²) in [6, 6.07) is 10.1. The number of hydrogen-bond donors (Lipinski definition) is 1. The number of halogens is 1. The minimum absolute atomic E-state index is 0.179. The number of carbonyl (C=O) groups excluding carboxylic acids is 1. The van der Waals surface area contributed by atoms with E-state index < -0.39 is 0 Å². The van der Waals surface area contributed by atoms with Crippen molar-refractivity contribution in [2.75, 3.05) is 19.6 Å². The summed E-state index contributed by atoms with van der Waals surface area (Å²) in [5, 5.41) is 12.4. The zero-order valence-electron chi connectivity index (χ0n) is 18.9. The number of carbonyl (C=O) groups is 1. The SMILES string of the molecule is Cc1cc(C)n(Cc2c(C(=O)NCC3CCN(Cc4ccc(Cl)cc4)CC3)noc2C)n1. The van der Waals surface area contributed by atoms with Crippen molar-refractivity contribution in [2.45, 2.75) is 46.7 Å². The van der Waals surface area contributed by atoms with Crippen molar-refractivity contribution >= 4 is 17.5 Å². The van der Waals surface area contributed by atoms with E-state index in [-0.39, 0.29) is 5.91 Å². The van der Waals surface area contributed by atoms with Crippen LogP contribution in [0.15, 0.2) is 34.9 Å². The van der Waals surface area contributed by atoms with Crippen LogP contribution in [0.25, 0.3) is 0 Å². The first-order valence-corrected chi connectivity index (χ1v) is 11.5. The Morgan fingerprint density at radius 3 is 2.53 bits per heavy atom. The molecular weight excluding hydrogens is 426 g/mol. The van der Waals surface area contributed by atoms with Gasteiger partial charge in [0, 0.05) is 29.4 Å². The Hall–Kier alpha value is -2.64. The van der Waals surface area contributed by atoms with Crippen LogP contribution < -0.4 is 5.32 Å². The van der Waals surface area contributed by atoms with Gasteiger partial charge in [-0.3, -0.25) is 14.4 Å². The minimum atomic E-state index is -0.179. The van der Waals surface area contributed by atoms with Gasteiger partial charge in [-0.05, 0) is 76.4 Å². The average molecular weight is 456 g/mol. The first-order chi connectivity index (χ1) is 15.4. The summed E-state index contributed by atoms with van der Waals surface area (Å²) < 4.78 is 7.22. The molecule has 2 aromatic heterocycles. The van der Waals surface area contributed by atoms with Crippen molar-refractivity contribution in [1.82, 2.24) is 25.2 Å². The molecule has 0 saturated carbocycles. The molecule has 0 aliphatic carbocycles. The molecule has 170 valence electrons. The molecule has 1 N–H and O–H groups in total. The molecule has 0 radical (unpaired) electrons. The van der Waals surface area contributed by atoms with Crippen LogP contribution in [-0.2, 0) is 13.1 Å². The predicted octanol–water partition coefficient (Wildman–Crippen LogP) is 4.14. The van der Waals surface area contributed by atoms with Crippen LogP contribution in [0.1, 0.15) is 51.6 Å². The van der Waals surface area contributed by atoms with Gasteiger partial charge < -0.3 is 9.84 Å². The van der Waals surface area contributed by atoms with Gasteiger partial charge >= 0.3 is 0 Å². The topological polar surface area (TPSA) is 76.2 Å². The average Bonchev–Trinajstić information content (AvgIpc) is 3.30. The summed E-state index contributed by atoms with van der Waals surface area (Å²) in [7, 11) is 0. The molecule has 3 aromatic rings. The number of hydrogen-bond acceptors (Lipinski definition) is 5. The lowest BCUT2D eigenvalue weighted by Gasteiger charge is -2.32. The summed E-state index contributed by atoms with van der Waals surface area (Å²) in [6.45, 7) is 9.90. The van der Waals surface area contributed by atoms with E-state index >= 15 is 0 Å². The summed E-state index contributed by atoms with van der Waals surface area (Å²) in [4.78, 5) is 15.3. The molecule has 1 amide bonds. The molecule has 0 spiro atoms. The number of aromatic nitrogens is 3. The zero-order chi connectivity index (χ0) is 22.7. The molecular formula is C24H30ClN5O2. The Labute approximate surface area is 193 Å². The van der Waals surface area contributed by atoms with Crippen LogP contribution in [0.2, 0.25) is 5.02 Å². The van der Waals surface area contributed by atoms with Gasteiger partial charge in [0.25, 0.3) is 5.91 Å². The zero-order valence-corrected chi connectivity index (χ0v) is 19.7. The van der Waals surface area contributed by atoms with E-state index in [4.69, 9.17) is 16.1 Å². The van der Waals surface area contributed by atoms with E-state index in [1.54, 1.807) is 0 Å². The number of likely N-dealkylation sites (tertiary alicyclic amines) is 1. The van der Waals surface area contributed by atoms with Gasteiger partial charge in [-0.2, -0.15) is 5.10 Å². The molecule has 8 heteroatoms. The molecule has 1 aliphatic heterocycles. The second-order valence-corrected chi connectivity index (χ2v) is 9.14. The molecule has 1 saturated heterocycles. The summed E-state index contributed by atoms with van der Waals surface area (Å²) in [5.41, 5.74) is 4.41. The predicted molar refractivity (Wildman–Crippen MR) is 124 cm³/mol. The smallest absolute Gasteiger partial charge is 0.273 e. The Bertz CT molecular complexity index is 1060. The van der Waals surface area contributed by atoms with Crippen LogP contribution >= 0.6 is 11.6 Å². The maximum absolute atomic E-state index is 12.9. The molecule has 4 rings (SSSR count). The number of benzene rings is 1. The second kappa shape index (κ2) is 9.88. The maximum atomic E-state index is 12.9. The molecule has 0 atom stereocenters. The van der Waals surface area contributed by atoms with Gasteiger partial charge in [0.15, 0.2) is 5.69 Å². The van der Waals surface area contributed by atoms with Crippen LogP contribution in [0.4, 0.5) is 0 Å². The third kappa shape index (κ3) is 5.40. The molecule has 7 nitrogen and oxygen atoms in total. The lowest BCUT2D eigenvalue weighted by Crippen LogP contribution is -2.38. The van der Waals surface area contributed by atoms with E-state index in [1.807, 2.05) is 43.7 Å². The van der Waals surface area contributed by atoms with Gasteiger partial charge in [0.2, 0.25) is 0 Å². The minimum Gasteiger partial charge on any atom is -0.361 e. The molecule has 1 fully saturated rings. The van der Waals surface area contributed by atoms with Crippen molar-refractivity contribution in [2.24, 2.45) is 5.92 Å². The lowest BCUT2D eigenvalue weighted by molar-refractivity contribution is 0.0925.